The molecule has 0 aromatic heterocycles. The van der Waals surface area contributed by atoms with Crippen LogP contribution in [0.25, 0.3) is 0 Å². The molecule has 4 heteroatoms. The molecule has 0 bridgehead atoms. The lowest BCUT2D eigenvalue weighted by atomic mass is 10.0. The predicted molar refractivity (Wildman–Crippen MR) is 77.3 cm³/mol. The van der Waals surface area contributed by atoms with Gasteiger partial charge in [-0.25, -0.2) is 4.79 Å². The van der Waals surface area contributed by atoms with Crippen LogP contribution < -0.4 is 0 Å². The van der Waals surface area contributed by atoms with Crippen molar-refractivity contribution in [3.63, 3.8) is 0 Å². The van der Waals surface area contributed by atoms with Gasteiger partial charge in [0.15, 0.2) is 0 Å². The highest BCUT2D eigenvalue weighted by Gasteiger charge is 2.25. The number of hydrogen-bond acceptors (Lipinski definition) is 4. The van der Waals surface area contributed by atoms with E-state index >= 15 is 0 Å². The molecule has 0 heterocycles. The first-order valence-electron chi connectivity index (χ1n) is 6.72. The van der Waals surface area contributed by atoms with Gasteiger partial charge in [-0.15, -0.1) is 0 Å². The summed E-state index contributed by atoms with van der Waals surface area (Å²) < 4.78 is 5.37. The lowest BCUT2D eigenvalue weighted by Crippen LogP contribution is -2.34. The molecule has 1 aromatic carbocycles. The van der Waals surface area contributed by atoms with Crippen molar-refractivity contribution in [3.8, 4) is 0 Å². The van der Waals surface area contributed by atoms with Gasteiger partial charge in [0.2, 0.25) is 0 Å². The monoisotopic (exact) mass is 278 g/mol. The number of hydrogen-bond donors (Lipinski definition) is 2. The Kier molecular flexibility index (Phi) is 6.42. The molecular formula is C16H22O4. The van der Waals surface area contributed by atoms with Gasteiger partial charge in [-0.1, -0.05) is 44.2 Å². The standard InChI is InChI=1S/C16H22O4/c1-11(2)15(14(18)10-9-12(3)17)20-16(19)13-7-5-4-6-8-13/h4-12,14-15,17-18H,1-3H3/b10-9+. The molecule has 110 valence electrons. The zero-order valence-corrected chi connectivity index (χ0v) is 12.1. The van der Waals surface area contributed by atoms with E-state index < -0.39 is 24.3 Å². The van der Waals surface area contributed by atoms with E-state index in [4.69, 9.17) is 4.74 Å². The molecule has 0 fully saturated rings. The normalized spacial score (nSPS) is 16.1. The summed E-state index contributed by atoms with van der Waals surface area (Å²) in [6.07, 6.45) is 0.668. The lowest BCUT2D eigenvalue weighted by molar-refractivity contribution is -0.0218. The Labute approximate surface area is 119 Å². The fraction of sp³-hybridized carbons (Fsp3) is 0.438. The second-order valence-electron chi connectivity index (χ2n) is 5.10. The van der Waals surface area contributed by atoms with Crippen molar-refractivity contribution in [2.24, 2.45) is 5.92 Å². The highest BCUT2D eigenvalue weighted by atomic mass is 16.6. The molecule has 0 aliphatic rings. The maximum absolute atomic E-state index is 12.0. The molecule has 3 atom stereocenters. The Morgan fingerprint density at radius 2 is 1.70 bits per heavy atom. The number of ether oxygens (including phenoxy) is 1. The van der Waals surface area contributed by atoms with E-state index in [9.17, 15) is 15.0 Å². The zero-order chi connectivity index (χ0) is 15.1. The van der Waals surface area contributed by atoms with Gasteiger partial charge in [-0.3, -0.25) is 0 Å². The average Bonchev–Trinajstić information content (AvgIpc) is 2.42. The van der Waals surface area contributed by atoms with Crippen LogP contribution in [-0.4, -0.2) is 34.5 Å². The first-order valence-corrected chi connectivity index (χ1v) is 6.72. The maximum atomic E-state index is 12.0. The van der Waals surface area contributed by atoms with E-state index in [0.29, 0.717) is 5.56 Å². The summed E-state index contributed by atoms with van der Waals surface area (Å²) >= 11 is 0. The first-order chi connectivity index (χ1) is 9.41. The van der Waals surface area contributed by atoms with Gasteiger partial charge in [0.05, 0.1) is 11.7 Å². The minimum Gasteiger partial charge on any atom is -0.455 e. The number of benzene rings is 1. The van der Waals surface area contributed by atoms with Crippen molar-refractivity contribution >= 4 is 5.97 Å². The van der Waals surface area contributed by atoms with Crippen LogP contribution in [0.2, 0.25) is 0 Å². The molecule has 0 radical (unpaired) electrons. The number of carbonyl (C=O) groups is 1. The Bertz CT molecular complexity index is 437. The van der Waals surface area contributed by atoms with Crippen molar-refractivity contribution in [2.45, 2.75) is 39.1 Å². The summed E-state index contributed by atoms with van der Waals surface area (Å²) in [5.74, 6) is -0.509. The van der Waals surface area contributed by atoms with Gasteiger partial charge in [-0.05, 0) is 25.0 Å². The van der Waals surface area contributed by atoms with Crippen molar-refractivity contribution in [3.05, 3.63) is 48.0 Å². The van der Waals surface area contributed by atoms with Crippen molar-refractivity contribution in [2.75, 3.05) is 0 Å². The number of rotatable bonds is 6. The Morgan fingerprint density at radius 1 is 1.10 bits per heavy atom. The van der Waals surface area contributed by atoms with Gasteiger partial charge in [0.1, 0.15) is 12.2 Å². The fourth-order valence-corrected chi connectivity index (χ4v) is 1.75. The molecule has 0 spiro atoms. The maximum Gasteiger partial charge on any atom is 0.338 e. The van der Waals surface area contributed by atoms with Crippen molar-refractivity contribution in [1.29, 1.82) is 0 Å². The molecule has 20 heavy (non-hydrogen) atoms. The van der Waals surface area contributed by atoms with Gasteiger partial charge >= 0.3 is 5.97 Å². The van der Waals surface area contributed by atoms with E-state index in [1.807, 2.05) is 19.9 Å². The van der Waals surface area contributed by atoms with Crippen LogP contribution >= 0.6 is 0 Å². The lowest BCUT2D eigenvalue weighted by Gasteiger charge is -2.24. The molecule has 0 amide bonds. The quantitative estimate of drug-likeness (QED) is 0.618. The summed E-state index contributed by atoms with van der Waals surface area (Å²) in [5.41, 5.74) is 0.449. The summed E-state index contributed by atoms with van der Waals surface area (Å²) in [7, 11) is 0. The van der Waals surface area contributed by atoms with E-state index in [0.717, 1.165) is 0 Å². The smallest absolute Gasteiger partial charge is 0.338 e. The summed E-state index contributed by atoms with van der Waals surface area (Å²) in [6, 6.07) is 8.65. The third-order valence-corrected chi connectivity index (χ3v) is 2.83. The molecule has 4 nitrogen and oxygen atoms in total. The second kappa shape index (κ2) is 7.82. The van der Waals surface area contributed by atoms with Crippen LogP contribution in [0, 0.1) is 5.92 Å². The van der Waals surface area contributed by atoms with Gasteiger partial charge in [0, 0.05) is 0 Å². The summed E-state index contributed by atoms with van der Waals surface area (Å²) in [5, 5.41) is 19.2. The first kappa shape index (κ1) is 16.4. The minimum atomic E-state index is -0.947. The van der Waals surface area contributed by atoms with Gasteiger partial charge in [0.25, 0.3) is 0 Å². The minimum absolute atomic E-state index is 0.0451. The van der Waals surface area contributed by atoms with E-state index in [1.165, 1.54) is 12.2 Å². The van der Waals surface area contributed by atoms with Gasteiger partial charge < -0.3 is 14.9 Å². The number of aliphatic hydroxyl groups excluding tert-OH is 2. The summed E-state index contributed by atoms with van der Waals surface area (Å²) in [4.78, 5) is 12.0. The van der Waals surface area contributed by atoms with Crippen LogP contribution in [-0.2, 0) is 4.74 Å². The summed E-state index contributed by atoms with van der Waals surface area (Å²) in [6.45, 7) is 5.31. The molecule has 1 rings (SSSR count). The van der Waals surface area contributed by atoms with E-state index in [2.05, 4.69) is 0 Å². The van der Waals surface area contributed by atoms with Gasteiger partial charge in [-0.2, -0.15) is 0 Å². The number of aliphatic hydroxyl groups is 2. The molecule has 0 saturated carbocycles. The largest absolute Gasteiger partial charge is 0.455 e. The van der Waals surface area contributed by atoms with E-state index in [1.54, 1.807) is 31.2 Å². The average molecular weight is 278 g/mol. The molecule has 3 unspecified atom stereocenters. The topological polar surface area (TPSA) is 66.8 Å². The predicted octanol–water partition coefficient (Wildman–Crippen LogP) is 2.17. The molecule has 0 aliphatic carbocycles. The Balaban J connectivity index is 2.75. The third-order valence-electron chi connectivity index (χ3n) is 2.83. The zero-order valence-electron chi connectivity index (χ0n) is 12.1. The molecule has 0 saturated heterocycles. The highest BCUT2D eigenvalue weighted by molar-refractivity contribution is 5.89. The molecule has 0 aliphatic heterocycles. The Hall–Kier alpha value is -1.65. The SMILES string of the molecule is CC(O)/C=C/C(O)C(OC(=O)c1ccccc1)C(C)C. The van der Waals surface area contributed by atoms with Crippen LogP contribution in [0.1, 0.15) is 31.1 Å². The van der Waals surface area contributed by atoms with Crippen LogP contribution in [0.3, 0.4) is 0 Å². The Morgan fingerprint density at radius 3 is 2.20 bits per heavy atom. The highest BCUT2D eigenvalue weighted by Crippen LogP contribution is 2.15. The second-order valence-corrected chi connectivity index (χ2v) is 5.10. The van der Waals surface area contributed by atoms with Crippen LogP contribution in [0.4, 0.5) is 0 Å². The number of esters is 1. The molecular weight excluding hydrogens is 256 g/mol. The van der Waals surface area contributed by atoms with Crippen LogP contribution in [0.5, 0.6) is 0 Å². The molecule has 1 aromatic rings. The number of carbonyl (C=O) groups excluding carboxylic acids is 1. The fourth-order valence-electron chi connectivity index (χ4n) is 1.75. The third kappa shape index (κ3) is 5.15. The van der Waals surface area contributed by atoms with Crippen molar-refractivity contribution < 1.29 is 19.7 Å². The van der Waals surface area contributed by atoms with Crippen molar-refractivity contribution in [1.82, 2.24) is 0 Å². The van der Waals surface area contributed by atoms with Crippen LogP contribution in [0.15, 0.2) is 42.5 Å². The molecule has 2 N–H and O–H groups in total. The van der Waals surface area contributed by atoms with E-state index in [-0.39, 0.29) is 5.92 Å².